The predicted molar refractivity (Wildman–Crippen MR) is 123 cm³/mol. The molecule has 3 rings (SSSR count). The van der Waals surface area contributed by atoms with Crippen LogP contribution in [0.2, 0.25) is 10.0 Å². The van der Waals surface area contributed by atoms with E-state index in [1.54, 1.807) is 17.0 Å². The molecular formula is C23H27Cl2F2N3O. The number of halogens is 4. The highest BCUT2D eigenvalue weighted by Crippen LogP contribution is 2.40. The van der Waals surface area contributed by atoms with E-state index >= 15 is 0 Å². The van der Waals surface area contributed by atoms with E-state index in [0.29, 0.717) is 40.7 Å². The van der Waals surface area contributed by atoms with E-state index in [2.05, 4.69) is 10.2 Å². The zero-order valence-corrected chi connectivity index (χ0v) is 19.4. The number of carbonyl (C=O) groups is 1. The van der Waals surface area contributed by atoms with Gasteiger partial charge in [-0.25, -0.2) is 8.78 Å². The van der Waals surface area contributed by atoms with Gasteiger partial charge in [0.15, 0.2) is 0 Å². The summed E-state index contributed by atoms with van der Waals surface area (Å²) in [5.41, 5.74) is 1.69. The normalized spacial score (nSPS) is 19.2. The van der Waals surface area contributed by atoms with Crippen LogP contribution >= 0.6 is 23.2 Å². The Morgan fingerprint density at radius 2 is 1.84 bits per heavy atom. The Balaban J connectivity index is 1.80. The van der Waals surface area contributed by atoms with E-state index in [9.17, 15) is 13.6 Å². The molecule has 1 saturated heterocycles. The van der Waals surface area contributed by atoms with Crippen LogP contribution in [0.4, 0.5) is 20.2 Å². The van der Waals surface area contributed by atoms with Crippen molar-refractivity contribution in [1.29, 1.82) is 0 Å². The SMILES string of the molecule is C[C@@H]1C[C@H](Cc2ccc(F)cc2F)CN(c2c(Cl)cc(NCCN(C)C)cc2Cl)C1=O. The maximum Gasteiger partial charge on any atom is 0.229 e. The second kappa shape index (κ2) is 10.2. The summed E-state index contributed by atoms with van der Waals surface area (Å²) >= 11 is 13.1. The number of anilines is 2. The smallest absolute Gasteiger partial charge is 0.229 e. The molecule has 0 bridgehead atoms. The fraction of sp³-hybridized carbons (Fsp3) is 0.435. The third-order valence-electron chi connectivity index (χ3n) is 5.51. The van der Waals surface area contributed by atoms with Crippen molar-refractivity contribution < 1.29 is 13.6 Å². The summed E-state index contributed by atoms with van der Waals surface area (Å²) in [4.78, 5) is 16.6. The van der Waals surface area contributed by atoms with Crippen molar-refractivity contribution in [3.8, 4) is 0 Å². The third kappa shape index (κ3) is 5.88. The second-order valence-corrected chi connectivity index (χ2v) is 9.22. The van der Waals surface area contributed by atoms with Gasteiger partial charge in [0.1, 0.15) is 11.6 Å². The van der Waals surface area contributed by atoms with Gasteiger partial charge in [0.25, 0.3) is 0 Å². The van der Waals surface area contributed by atoms with Gasteiger partial charge in [-0.1, -0.05) is 36.2 Å². The van der Waals surface area contributed by atoms with Gasteiger partial charge in [-0.05, 0) is 56.6 Å². The summed E-state index contributed by atoms with van der Waals surface area (Å²) in [5, 5.41) is 4.04. The first-order valence-corrected chi connectivity index (χ1v) is 11.0. The van der Waals surface area contributed by atoms with Crippen molar-refractivity contribution in [1.82, 2.24) is 4.90 Å². The molecule has 1 amide bonds. The standard InChI is InChI=1S/C23H27Cl2F2N3O/c1-14-8-15(9-16-4-5-17(26)10-21(16)27)13-30(23(14)31)22-19(24)11-18(12-20(22)25)28-6-7-29(2)3/h4-5,10-12,14-15,28H,6-9,13H2,1-3H3/t14-,15-/m1/s1. The van der Waals surface area contributed by atoms with Gasteiger partial charge < -0.3 is 15.1 Å². The highest BCUT2D eigenvalue weighted by atomic mass is 35.5. The lowest BCUT2D eigenvalue weighted by atomic mass is 9.85. The zero-order valence-electron chi connectivity index (χ0n) is 17.9. The number of rotatable bonds is 7. The minimum Gasteiger partial charge on any atom is -0.384 e. The summed E-state index contributed by atoms with van der Waals surface area (Å²) in [5.74, 6) is -1.49. The molecule has 2 aromatic carbocycles. The van der Waals surface area contributed by atoms with Crippen LogP contribution in [-0.2, 0) is 11.2 Å². The van der Waals surface area contributed by atoms with Crippen LogP contribution in [0.3, 0.4) is 0 Å². The van der Waals surface area contributed by atoms with Crippen molar-refractivity contribution in [3.05, 3.63) is 57.6 Å². The van der Waals surface area contributed by atoms with Crippen molar-refractivity contribution in [2.45, 2.75) is 19.8 Å². The van der Waals surface area contributed by atoms with Gasteiger partial charge in [-0.3, -0.25) is 4.79 Å². The Morgan fingerprint density at radius 1 is 1.16 bits per heavy atom. The summed E-state index contributed by atoms with van der Waals surface area (Å²) in [6, 6.07) is 7.13. The Hall–Kier alpha value is -1.89. The zero-order chi connectivity index (χ0) is 22.7. The molecule has 0 unspecified atom stereocenters. The highest BCUT2D eigenvalue weighted by molar-refractivity contribution is 6.40. The minimum atomic E-state index is -0.604. The first-order chi connectivity index (χ1) is 14.7. The lowest BCUT2D eigenvalue weighted by molar-refractivity contribution is -0.124. The molecule has 2 aromatic rings. The fourth-order valence-electron chi connectivity index (χ4n) is 3.99. The average Bonchev–Trinajstić information content (AvgIpc) is 2.67. The summed E-state index contributed by atoms with van der Waals surface area (Å²) in [7, 11) is 3.98. The van der Waals surface area contributed by atoms with Crippen molar-refractivity contribution >= 4 is 40.5 Å². The number of nitrogens with zero attached hydrogens (tertiary/aromatic N) is 2. The quantitative estimate of drug-likeness (QED) is 0.583. The second-order valence-electron chi connectivity index (χ2n) is 8.41. The van der Waals surface area contributed by atoms with Crippen LogP contribution < -0.4 is 10.2 Å². The molecule has 0 aliphatic carbocycles. The largest absolute Gasteiger partial charge is 0.384 e. The Morgan fingerprint density at radius 3 is 2.45 bits per heavy atom. The summed E-state index contributed by atoms with van der Waals surface area (Å²) in [6.07, 6.45) is 1.02. The maximum atomic E-state index is 14.2. The monoisotopic (exact) mass is 469 g/mol. The molecule has 0 spiro atoms. The number of hydrogen-bond acceptors (Lipinski definition) is 3. The van der Waals surface area contributed by atoms with E-state index in [4.69, 9.17) is 23.2 Å². The van der Waals surface area contributed by atoms with Gasteiger partial charge >= 0.3 is 0 Å². The van der Waals surface area contributed by atoms with Crippen LogP contribution in [0.25, 0.3) is 0 Å². The molecule has 8 heteroatoms. The van der Waals surface area contributed by atoms with E-state index in [0.717, 1.165) is 24.8 Å². The number of benzene rings is 2. The van der Waals surface area contributed by atoms with Gasteiger partial charge in [0.05, 0.1) is 15.7 Å². The van der Waals surface area contributed by atoms with E-state index in [-0.39, 0.29) is 17.7 Å². The lowest BCUT2D eigenvalue weighted by Crippen LogP contribution is -2.45. The Labute approximate surface area is 192 Å². The number of likely N-dealkylation sites (N-methyl/N-ethyl adjacent to an activating group) is 1. The molecule has 2 atom stereocenters. The Kier molecular flexibility index (Phi) is 7.78. The van der Waals surface area contributed by atoms with Gasteiger partial charge in [-0.2, -0.15) is 0 Å². The van der Waals surface area contributed by atoms with Crippen LogP contribution in [0.5, 0.6) is 0 Å². The van der Waals surface area contributed by atoms with Crippen LogP contribution in [0.1, 0.15) is 18.9 Å². The highest BCUT2D eigenvalue weighted by Gasteiger charge is 2.34. The van der Waals surface area contributed by atoms with Gasteiger partial charge in [0, 0.05) is 37.3 Å². The van der Waals surface area contributed by atoms with Crippen molar-refractivity contribution in [3.63, 3.8) is 0 Å². The first-order valence-electron chi connectivity index (χ1n) is 10.3. The summed E-state index contributed by atoms with van der Waals surface area (Å²) < 4.78 is 27.4. The molecule has 1 aliphatic rings. The van der Waals surface area contributed by atoms with Crippen molar-refractivity contribution in [2.24, 2.45) is 11.8 Å². The van der Waals surface area contributed by atoms with Crippen LogP contribution in [0, 0.1) is 23.5 Å². The fourth-order valence-corrected chi connectivity index (χ4v) is 4.68. The molecule has 0 saturated carbocycles. The molecule has 1 heterocycles. The molecule has 1 aliphatic heterocycles. The molecule has 1 fully saturated rings. The van der Waals surface area contributed by atoms with Crippen LogP contribution in [-0.4, -0.2) is 44.5 Å². The van der Waals surface area contributed by atoms with Crippen molar-refractivity contribution in [2.75, 3.05) is 43.9 Å². The molecule has 31 heavy (non-hydrogen) atoms. The minimum absolute atomic E-state index is 0.00214. The molecule has 0 aromatic heterocycles. The molecular weight excluding hydrogens is 443 g/mol. The number of piperidine rings is 1. The van der Waals surface area contributed by atoms with E-state index < -0.39 is 11.6 Å². The number of hydrogen-bond donors (Lipinski definition) is 1. The molecule has 1 N–H and O–H groups in total. The van der Waals surface area contributed by atoms with Crippen LogP contribution in [0.15, 0.2) is 30.3 Å². The summed E-state index contributed by atoms with van der Waals surface area (Å²) in [6.45, 7) is 3.79. The van der Waals surface area contributed by atoms with E-state index in [1.165, 1.54) is 12.1 Å². The number of amides is 1. The number of carbonyl (C=O) groups excluding carboxylic acids is 1. The van der Waals surface area contributed by atoms with Gasteiger partial charge in [-0.15, -0.1) is 0 Å². The molecule has 0 radical (unpaired) electrons. The van der Waals surface area contributed by atoms with Gasteiger partial charge in [0.2, 0.25) is 5.91 Å². The molecule has 4 nitrogen and oxygen atoms in total. The maximum absolute atomic E-state index is 14.2. The molecule has 168 valence electrons. The first kappa shape index (κ1) is 23.8. The Bertz CT molecular complexity index is 931. The topological polar surface area (TPSA) is 35.6 Å². The average molecular weight is 470 g/mol. The third-order valence-corrected chi connectivity index (χ3v) is 6.09. The lowest BCUT2D eigenvalue weighted by Gasteiger charge is -2.37. The number of nitrogens with one attached hydrogen (secondary N) is 1. The predicted octanol–water partition coefficient (Wildman–Crippen LogP) is 5.48. The van der Waals surface area contributed by atoms with E-state index in [1.807, 2.05) is 21.0 Å².